The molecule has 2 aromatic heterocycles. The van der Waals surface area contributed by atoms with Crippen molar-refractivity contribution in [2.75, 3.05) is 19.3 Å². The van der Waals surface area contributed by atoms with Crippen LogP contribution in [0.1, 0.15) is 30.0 Å². The quantitative estimate of drug-likeness (QED) is 0.936. The number of sulfone groups is 1. The molecule has 7 heteroatoms. The van der Waals surface area contributed by atoms with Gasteiger partial charge in [0.15, 0.2) is 9.84 Å². The van der Waals surface area contributed by atoms with Crippen molar-refractivity contribution in [3.8, 4) is 0 Å². The Morgan fingerprint density at radius 1 is 1.52 bits per heavy atom. The normalized spacial score (nSPS) is 20.7. The zero-order valence-corrected chi connectivity index (χ0v) is 13.6. The summed E-state index contributed by atoms with van der Waals surface area (Å²) in [6, 6.07) is 2.15. The van der Waals surface area contributed by atoms with Crippen LogP contribution in [0.5, 0.6) is 0 Å². The molecule has 5 nitrogen and oxygen atoms in total. The zero-order chi connectivity index (χ0) is 14.9. The molecule has 114 valence electrons. The minimum Gasteiger partial charge on any atom is -0.298 e. The van der Waals surface area contributed by atoms with E-state index in [-0.39, 0.29) is 5.92 Å². The average Bonchev–Trinajstić information content (AvgIpc) is 3.08. The molecular formula is C14H19N3O2S2. The van der Waals surface area contributed by atoms with Crippen molar-refractivity contribution >= 4 is 21.2 Å². The van der Waals surface area contributed by atoms with Gasteiger partial charge in [0.25, 0.3) is 0 Å². The molecule has 0 unspecified atom stereocenters. The smallest absolute Gasteiger partial charge is 0.178 e. The number of hydrogen-bond donors (Lipinski definition) is 1. The number of aromatic amines is 1. The van der Waals surface area contributed by atoms with Gasteiger partial charge in [-0.25, -0.2) is 8.42 Å². The van der Waals surface area contributed by atoms with E-state index in [0.717, 1.165) is 38.2 Å². The highest BCUT2D eigenvalue weighted by atomic mass is 32.2. The van der Waals surface area contributed by atoms with Crippen LogP contribution < -0.4 is 0 Å². The van der Waals surface area contributed by atoms with Gasteiger partial charge in [-0.3, -0.25) is 10.00 Å². The molecule has 1 fully saturated rings. The lowest BCUT2D eigenvalue weighted by atomic mass is 9.94. The van der Waals surface area contributed by atoms with Crippen LogP contribution in [-0.4, -0.2) is 42.9 Å². The molecule has 0 radical (unpaired) electrons. The summed E-state index contributed by atoms with van der Waals surface area (Å²) in [5.41, 5.74) is 2.10. The minimum absolute atomic E-state index is 0.213. The van der Waals surface area contributed by atoms with Gasteiger partial charge in [0.2, 0.25) is 0 Å². The summed E-state index contributed by atoms with van der Waals surface area (Å²) in [7, 11) is -3.22. The number of rotatable bonds is 4. The third-order valence-corrected chi connectivity index (χ3v) is 5.79. The van der Waals surface area contributed by atoms with E-state index in [1.807, 2.05) is 0 Å². The molecule has 0 aromatic carbocycles. The second kappa shape index (κ2) is 5.90. The summed E-state index contributed by atoms with van der Waals surface area (Å²) < 4.78 is 23.6. The molecule has 0 bridgehead atoms. The molecule has 2 aromatic rings. The van der Waals surface area contributed by atoms with Crippen LogP contribution in [0.2, 0.25) is 0 Å². The van der Waals surface area contributed by atoms with Crippen molar-refractivity contribution < 1.29 is 8.42 Å². The molecule has 3 rings (SSSR count). The molecule has 0 aliphatic carbocycles. The third kappa shape index (κ3) is 3.36. The van der Waals surface area contributed by atoms with Crippen LogP contribution in [0.25, 0.3) is 0 Å². The number of piperidine rings is 1. The molecule has 0 spiro atoms. The monoisotopic (exact) mass is 325 g/mol. The average molecular weight is 325 g/mol. The fourth-order valence-electron chi connectivity index (χ4n) is 2.95. The summed E-state index contributed by atoms with van der Waals surface area (Å²) in [4.78, 5) is 2.74. The molecule has 1 saturated heterocycles. The number of H-pyrrole nitrogens is 1. The molecule has 1 N–H and O–H groups in total. The van der Waals surface area contributed by atoms with Gasteiger partial charge in [-0.1, -0.05) is 0 Å². The number of likely N-dealkylation sites (tertiary alicyclic amines) is 1. The minimum atomic E-state index is -3.22. The first-order chi connectivity index (χ1) is 10.0. The van der Waals surface area contributed by atoms with E-state index >= 15 is 0 Å². The van der Waals surface area contributed by atoms with Crippen LogP contribution >= 0.6 is 11.3 Å². The molecule has 0 saturated carbocycles. The molecule has 1 atom stereocenters. The zero-order valence-electron chi connectivity index (χ0n) is 11.9. The van der Waals surface area contributed by atoms with Crippen molar-refractivity contribution in [2.45, 2.75) is 30.2 Å². The lowest BCUT2D eigenvalue weighted by Gasteiger charge is -2.32. The van der Waals surface area contributed by atoms with E-state index in [0.29, 0.717) is 4.90 Å². The molecule has 3 heterocycles. The molecule has 0 amide bonds. The fourth-order valence-corrected chi connectivity index (χ4v) is 4.46. The molecule has 1 aliphatic rings. The highest BCUT2D eigenvalue weighted by molar-refractivity contribution is 7.90. The summed E-state index contributed by atoms with van der Waals surface area (Å²) in [5, 5.41) is 11.1. The second-order valence-corrected chi connectivity index (χ2v) is 8.39. The Morgan fingerprint density at radius 2 is 2.38 bits per heavy atom. The summed E-state index contributed by atoms with van der Waals surface area (Å²) >= 11 is 1.71. The summed E-state index contributed by atoms with van der Waals surface area (Å²) in [5.74, 6) is 0.213. The van der Waals surface area contributed by atoms with E-state index in [1.54, 1.807) is 11.3 Å². The highest BCUT2D eigenvalue weighted by Gasteiger charge is 2.27. The van der Waals surface area contributed by atoms with Gasteiger partial charge in [-0.05, 0) is 41.8 Å². The van der Waals surface area contributed by atoms with Crippen LogP contribution in [0.4, 0.5) is 0 Å². The predicted octanol–water partition coefficient (Wildman–Crippen LogP) is 2.25. The van der Waals surface area contributed by atoms with E-state index in [2.05, 4.69) is 31.9 Å². The lowest BCUT2D eigenvalue weighted by molar-refractivity contribution is 0.197. The lowest BCUT2D eigenvalue weighted by Crippen LogP contribution is -2.34. The van der Waals surface area contributed by atoms with Gasteiger partial charge in [0.1, 0.15) is 4.90 Å². The van der Waals surface area contributed by atoms with E-state index in [9.17, 15) is 8.42 Å². The maximum atomic E-state index is 11.8. The van der Waals surface area contributed by atoms with E-state index in [4.69, 9.17) is 0 Å². The fraction of sp³-hybridized carbons (Fsp3) is 0.500. The molecule has 1 aliphatic heterocycles. The van der Waals surface area contributed by atoms with Crippen LogP contribution in [0, 0.1) is 0 Å². The largest absolute Gasteiger partial charge is 0.298 e. The van der Waals surface area contributed by atoms with Gasteiger partial charge < -0.3 is 0 Å². The predicted molar refractivity (Wildman–Crippen MR) is 83.3 cm³/mol. The van der Waals surface area contributed by atoms with Crippen molar-refractivity contribution in [3.05, 3.63) is 34.3 Å². The van der Waals surface area contributed by atoms with Gasteiger partial charge in [0, 0.05) is 25.3 Å². The van der Waals surface area contributed by atoms with Crippen LogP contribution in [0.15, 0.2) is 27.9 Å². The molecule has 21 heavy (non-hydrogen) atoms. The van der Waals surface area contributed by atoms with Crippen molar-refractivity contribution in [1.29, 1.82) is 0 Å². The summed E-state index contributed by atoms with van der Waals surface area (Å²) in [6.07, 6.45) is 4.76. The van der Waals surface area contributed by atoms with Gasteiger partial charge in [-0.15, -0.1) is 0 Å². The third-order valence-electron chi connectivity index (χ3n) is 3.93. The Morgan fingerprint density at radius 3 is 3.10 bits per heavy atom. The van der Waals surface area contributed by atoms with Gasteiger partial charge in [0.05, 0.1) is 11.9 Å². The topological polar surface area (TPSA) is 66.1 Å². The van der Waals surface area contributed by atoms with Crippen molar-refractivity contribution in [2.24, 2.45) is 0 Å². The number of thiophene rings is 1. The molecular weight excluding hydrogens is 306 g/mol. The van der Waals surface area contributed by atoms with E-state index in [1.165, 1.54) is 18.0 Å². The number of nitrogens with one attached hydrogen (secondary N) is 1. The first-order valence-electron chi connectivity index (χ1n) is 7.01. The SMILES string of the molecule is CS(=O)(=O)c1cn[nH]c1[C@H]1CCCN(Cc2ccsc2)C1. The van der Waals surface area contributed by atoms with Crippen molar-refractivity contribution in [3.63, 3.8) is 0 Å². The van der Waals surface area contributed by atoms with Gasteiger partial charge in [-0.2, -0.15) is 16.4 Å². The second-order valence-electron chi connectivity index (χ2n) is 5.63. The first-order valence-corrected chi connectivity index (χ1v) is 9.84. The Balaban J connectivity index is 1.76. The van der Waals surface area contributed by atoms with Crippen LogP contribution in [0.3, 0.4) is 0 Å². The van der Waals surface area contributed by atoms with Gasteiger partial charge >= 0.3 is 0 Å². The Hall–Kier alpha value is -1.18. The van der Waals surface area contributed by atoms with Crippen LogP contribution in [-0.2, 0) is 16.4 Å². The first kappa shape index (κ1) is 14.7. The maximum Gasteiger partial charge on any atom is 0.178 e. The summed E-state index contributed by atoms with van der Waals surface area (Å²) in [6.45, 7) is 2.87. The number of hydrogen-bond acceptors (Lipinski definition) is 5. The maximum absolute atomic E-state index is 11.8. The standard InChI is InChI=1S/C14H19N3O2S2/c1-21(18,19)13-7-15-16-14(13)12-3-2-5-17(9-12)8-11-4-6-20-10-11/h4,6-7,10,12H,2-3,5,8-9H2,1H3,(H,15,16)/t12-/m0/s1. The number of nitrogens with zero attached hydrogens (tertiary/aromatic N) is 2. The Kier molecular flexibility index (Phi) is 4.14. The van der Waals surface area contributed by atoms with Crippen molar-refractivity contribution in [1.82, 2.24) is 15.1 Å². The van der Waals surface area contributed by atoms with E-state index < -0.39 is 9.84 Å². The number of aromatic nitrogens is 2. The highest BCUT2D eigenvalue weighted by Crippen LogP contribution is 2.30. The Labute approximate surface area is 128 Å². The Bertz CT molecular complexity index is 692.